The number of hydrogen-bond donors (Lipinski definition) is 0. The van der Waals surface area contributed by atoms with E-state index in [1.165, 1.54) is 12.1 Å². The van der Waals surface area contributed by atoms with Gasteiger partial charge in [-0.25, -0.2) is 9.07 Å². The Morgan fingerprint density at radius 1 is 1.32 bits per heavy atom. The summed E-state index contributed by atoms with van der Waals surface area (Å²) in [6.07, 6.45) is 3.28. The minimum absolute atomic E-state index is 0.267. The molecule has 1 aromatic heterocycles. The van der Waals surface area contributed by atoms with E-state index in [1.807, 2.05) is 0 Å². The standard InChI is InChI=1S/C14H16FN3O/c1-2-3-8-18-14(13(10-19)16-17-18)9-11-4-6-12(15)7-5-11/h4-7,10H,2-3,8-9H2,1H3. The van der Waals surface area contributed by atoms with E-state index in [9.17, 15) is 9.18 Å². The molecule has 0 unspecified atom stereocenters. The number of aldehydes is 1. The minimum Gasteiger partial charge on any atom is -0.296 e. The Hall–Kier alpha value is -2.04. The van der Waals surface area contributed by atoms with Crippen LogP contribution < -0.4 is 0 Å². The van der Waals surface area contributed by atoms with Gasteiger partial charge in [-0.05, 0) is 24.1 Å². The zero-order valence-corrected chi connectivity index (χ0v) is 10.8. The fraction of sp³-hybridized carbons (Fsp3) is 0.357. The lowest BCUT2D eigenvalue weighted by atomic mass is 10.1. The van der Waals surface area contributed by atoms with Crippen LogP contribution in [-0.4, -0.2) is 21.3 Å². The number of benzene rings is 1. The van der Waals surface area contributed by atoms with Crippen molar-refractivity contribution in [1.29, 1.82) is 0 Å². The highest BCUT2D eigenvalue weighted by molar-refractivity contribution is 5.73. The highest BCUT2D eigenvalue weighted by atomic mass is 19.1. The van der Waals surface area contributed by atoms with E-state index in [1.54, 1.807) is 16.8 Å². The van der Waals surface area contributed by atoms with Crippen molar-refractivity contribution in [2.45, 2.75) is 32.7 Å². The molecule has 0 aliphatic rings. The third-order valence-corrected chi connectivity index (χ3v) is 2.99. The van der Waals surface area contributed by atoms with Gasteiger partial charge in [-0.15, -0.1) is 5.10 Å². The first-order valence-corrected chi connectivity index (χ1v) is 6.36. The number of rotatable bonds is 6. The maximum atomic E-state index is 12.9. The molecule has 5 heteroatoms. The lowest BCUT2D eigenvalue weighted by molar-refractivity contribution is 0.111. The van der Waals surface area contributed by atoms with Gasteiger partial charge in [0, 0.05) is 13.0 Å². The highest BCUT2D eigenvalue weighted by Gasteiger charge is 2.12. The molecule has 0 atom stereocenters. The van der Waals surface area contributed by atoms with Gasteiger partial charge in [0.1, 0.15) is 11.5 Å². The average molecular weight is 261 g/mol. The topological polar surface area (TPSA) is 47.8 Å². The van der Waals surface area contributed by atoms with E-state index < -0.39 is 0 Å². The first kappa shape index (κ1) is 13.4. The van der Waals surface area contributed by atoms with Crippen molar-refractivity contribution in [2.24, 2.45) is 0 Å². The summed E-state index contributed by atoms with van der Waals surface area (Å²) >= 11 is 0. The van der Waals surface area contributed by atoms with E-state index in [0.717, 1.165) is 30.6 Å². The van der Waals surface area contributed by atoms with Crippen LogP contribution in [0.25, 0.3) is 0 Å². The molecule has 0 aliphatic carbocycles. The molecule has 100 valence electrons. The maximum Gasteiger partial charge on any atom is 0.172 e. The summed E-state index contributed by atoms with van der Waals surface area (Å²) in [7, 11) is 0. The van der Waals surface area contributed by atoms with Crippen LogP contribution in [0.5, 0.6) is 0 Å². The zero-order valence-electron chi connectivity index (χ0n) is 10.8. The second-order valence-electron chi connectivity index (χ2n) is 4.42. The Kier molecular flexibility index (Phi) is 4.39. The average Bonchev–Trinajstić information content (AvgIpc) is 2.81. The van der Waals surface area contributed by atoms with Crippen LogP contribution in [-0.2, 0) is 13.0 Å². The van der Waals surface area contributed by atoms with Crippen molar-refractivity contribution < 1.29 is 9.18 Å². The molecule has 0 aliphatic heterocycles. The van der Waals surface area contributed by atoms with Crippen LogP contribution in [0, 0.1) is 5.82 Å². The molecule has 0 amide bonds. The van der Waals surface area contributed by atoms with Crippen molar-refractivity contribution >= 4 is 6.29 Å². The molecule has 1 heterocycles. The highest BCUT2D eigenvalue weighted by Crippen LogP contribution is 2.13. The van der Waals surface area contributed by atoms with Crippen LogP contribution in [0.15, 0.2) is 24.3 Å². The largest absolute Gasteiger partial charge is 0.296 e. The fourth-order valence-electron chi connectivity index (χ4n) is 1.90. The Balaban J connectivity index is 2.23. The second kappa shape index (κ2) is 6.22. The summed E-state index contributed by atoms with van der Waals surface area (Å²) in [6.45, 7) is 2.84. The number of aromatic nitrogens is 3. The smallest absolute Gasteiger partial charge is 0.172 e. The van der Waals surface area contributed by atoms with Gasteiger partial charge >= 0.3 is 0 Å². The van der Waals surface area contributed by atoms with E-state index in [-0.39, 0.29) is 5.82 Å². The zero-order chi connectivity index (χ0) is 13.7. The summed E-state index contributed by atoms with van der Waals surface area (Å²) < 4.78 is 14.6. The molecule has 19 heavy (non-hydrogen) atoms. The molecular formula is C14H16FN3O. The predicted octanol–water partition coefficient (Wildman–Crippen LogP) is 2.62. The van der Waals surface area contributed by atoms with E-state index in [4.69, 9.17) is 0 Å². The summed E-state index contributed by atoms with van der Waals surface area (Å²) in [5, 5.41) is 7.87. The SMILES string of the molecule is CCCCn1nnc(C=O)c1Cc1ccc(F)cc1. The van der Waals surface area contributed by atoms with Crippen LogP contribution in [0.4, 0.5) is 4.39 Å². The van der Waals surface area contributed by atoms with Gasteiger partial charge in [-0.2, -0.15) is 0 Å². The fourth-order valence-corrected chi connectivity index (χ4v) is 1.90. The lowest BCUT2D eigenvalue weighted by Gasteiger charge is -2.06. The monoisotopic (exact) mass is 261 g/mol. The number of hydrogen-bond acceptors (Lipinski definition) is 3. The van der Waals surface area contributed by atoms with Gasteiger partial charge in [0.2, 0.25) is 0 Å². The van der Waals surface area contributed by atoms with Crippen LogP contribution >= 0.6 is 0 Å². The minimum atomic E-state index is -0.267. The third-order valence-electron chi connectivity index (χ3n) is 2.99. The number of carbonyl (C=O) groups is 1. The number of unbranched alkanes of at least 4 members (excludes halogenated alkanes) is 1. The molecule has 0 spiro atoms. The van der Waals surface area contributed by atoms with E-state index in [0.29, 0.717) is 18.4 Å². The van der Waals surface area contributed by atoms with Crippen LogP contribution in [0.1, 0.15) is 41.5 Å². The van der Waals surface area contributed by atoms with Gasteiger partial charge in [0.15, 0.2) is 6.29 Å². The molecule has 4 nitrogen and oxygen atoms in total. The number of halogens is 1. The van der Waals surface area contributed by atoms with E-state index >= 15 is 0 Å². The lowest BCUT2D eigenvalue weighted by Crippen LogP contribution is -2.07. The third kappa shape index (κ3) is 3.24. The molecule has 2 aromatic rings. The summed E-state index contributed by atoms with van der Waals surface area (Å²) in [6, 6.07) is 6.24. The second-order valence-corrected chi connectivity index (χ2v) is 4.42. The molecule has 0 bridgehead atoms. The van der Waals surface area contributed by atoms with Crippen molar-refractivity contribution in [3.63, 3.8) is 0 Å². The Labute approximate surface area is 111 Å². The Bertz CT molecular complexity index is 548. The normalized spacial score (nSPS) is 10.6. The molecule has 0 fully saturated rings. The summed E-state index contributed by atoms with van der Waals surface area (Å²) in [5.74, 6) is -0.267. The van der Waals surface area contributed by atoms with Crippen molar-refractivity contribution in [3.8, 4) is 0 Å². The number of aryl methyl sites for hydroxylation is 1. The Morgan fingerprint density at radius 3 is 2.68 bits per heavy atom. The summed E-state index contributed by atoms with van der Waals surface area (Å²) in [4.78, 5) is 11.0. The van der Waals surface area contributed by atoms with Crippen molar-refractivity contribution in [3.05, 3.63) is 47.0 Å². The quantitative estimate of drug-likeness (QED) is 0.751. The van der Waals surface area contributed by atoms with Crippen molar-refractivity contribution in [2.75, 3.05) is 0 Å². The number of carbonyl (C=O) groups excluding carboxylic acids is 1. The van der Waals surface area contributed by atoms with Gasteiger partial charge in [0.05, 0.1) is 5.69 Å². The first-order chi connectivity index (χ1) is 9.24. The Morgan fingerprint density at radius 2 is 2.05 bits per heavy atom. The first-order valence-electron chi connectivity index (χ1n) is 6.36. The molecule has 0 N–H and O–H groups in total. The molecule has 0 radical (unpaired) electrons. The van der Waals surface area contributed by atoms with Crippen LogP contribution in [0.3, 0.4) is 0 Å². The predicted molar refractivity (Wildman–Crippen MR) is 69.5 cm³/mol. The van der Waals surface area contributed by atoms with E-state index in [2.05, 4.69) is 17.2 Å². The molecule has 1 aromatic carbocycles. The maximum absolute atomic E-state index is 12.9. The van der Waals surface area contributed by atoms with Gasteiger partial charge in [-0.1, -0.05) is 30.7 Å². The molecule has 2 rings (SSSR count). The van der Waals surface area contributed by atoms with Crippen molar-refractivity contribution in [1.82, 2.24) is 15.0 Å². The van der Waals surface area contributed by atoms with Gasteiger partial charge < -0.3 is 0 Å². The van der Waals surface area contributed by atoms with Gasteiger partial charge in [-0.3, -0.25) is 4.79 Å². The summed E-state index contributed by atoms with van der Waals surface area (Å²) in [5.41, 5.74) is 2.08. The van der Waals surface area contributed by atoms with Crippen LogP contribution in [0.2, 0.25) is 0 Å². The molecular weight excluding hydrogens is 245 g/mol. The number of nitrogens with zero attached hydrogens (tertiary/aromatic N) is 3. The van der Waals surface area contributed by atoms with Gasteiger partial charge in [0.25, 0.3) is 0 Å². The molecule has 0 saturated heterocycles. The molecule has 0 saturated carbocycles.